The number of nitrogens with zero attached hydrogens (tertiary/aromatic N) is 2. The van der Waals surface area contributed by atoms with Crippen molar-refractivity contribution in [2.24, 2.45) is 0 Å². The van der Waals surface area contributed by atoms with Gasteiger partial charge in [0.05, 0.1) is 7.11 Å². The molecule has 3 rings (SSSR count). The van der Waals surface area contributed by atoms with Gasteiger partial charge < -0.3 is 20.1 Å². The normalized spacial score (nSPS) is 19.7. The van der Waals surface area contributed by atoms with Crippen LogP contribution in [0.5, 0.6) is 11.8 Å². The largest absolute Gasteiger partial charge is 0.477 e. The van der Waals surface area contributed by atoms with E-state index in [-0.39, 0.29) is 18.2 Å². The van der Waals surface area contributed by atoms with Gasteiger partial charge in [-0.15, -0.1) is 0 Å². The summed E-state index contributed by atoms with van der Waals surface area (Å²) in [5, 5.41) is 5.86. The zero-order chi connectivity index (χ0) is 17.5. The van der Waals surface area contributed by atoms with Gasteiger partial charge in [0.25, 0.3) is 11.8 Å². The number of methoxy groups -OCH3 is 1. The van der Waals surface area contributed by atoms with Gasteiger partial charge in [-0.3, -0.25) is 0 Å². The fraction of sp³-hybridized carbons (Fsp3) is 0.389. The molecule has 0 unspecified atom stereocenters. The number of para-hydroxylation sites is 1. The standard InChI is InChI=1S/C18H22N4O3/c1-24-16-17(20-12-11-19-16)25-15-9-7-14(8-10-15)22-18(23)21-13-5-3-2-4-6-13/h2-6,11-12,14-15H,7-10H2,1H3,(H2,21,22,23). The Bertz CT molecular complexity index is 688. The number of hydrogen-bond acceptors (Lipinski definition) is 5. The summed E-state index contributed by atoms with van der Waals surface area (Å²) in [5.41, 5.74) is 0.784. The molecule has 132 valence electrons. The van der Waals surface area contributed by atoms with Crippen LogP contribution in [-0.2, 0) is 0 Å². The monoisotopic (exact) mass is 342 g/mol. The minimum atomic E-state index is -0.175. The van der Waals surface area contributed by atoms with Gasteiger partial charge in [0.1, 0.15) is 6.10 Å². The Kier molecular flexibility index (Phi) is 5.66. The first kappa shape index (κ1) is 17.0. The lowest BCUT2D eigenvalue weighted by Gasteiger charge is -2.29. The van der Waals surface area contributed by atoms with E-state index in [4.69, 9.17) is 9.47 Å². The summed E-state index contributed by atoms with van der Waals surface area (Å²) in [6.45, 7) is 0. The average Bonchev–Trinajstić information content (AvgIpc) is 2.64. The van der Waals surface area contributed by atoms with E-state index < -0.39 is 0 Å². The van der Waals surface area contributed by atoms with Crippen LogP contribution in [0.2, 0.25) is 0 Å². The highest BCUT2D eigenvalue weighted by atomic mass is 16.5. The van der Waals surface area contributed by atoms with E-state index in [1.54, 1.807) is 19.5 Å². The summed E-state index contributed by atoms with van der Waals surface area (Å²) < 4.78 is 11.1. The first-order chi connectivity index (χ1) is 12.2. The average molecular weight is 342 g/mol. The molecule has 7 heteroatoms. The molecule has 1 aromatic heterocycles. The third-order valence-corrected chi connectivity index (χ3v) is 4.15. The molecule has 1 saturated carbocycles. The second kappa shape index (κ2) is 8.32. The fourth-order valence-electron chi connectivity index (χ4n) is 2.89. The maximum absolute atomic E-state index is 12.0. The molecule has 0 radical (unpaired) electrons. The third kappa shape index (κ3) is 4.82. The molecular formula is C18H22N4O3. The number of nitrogens with one attached hydrogen (secondary N) is 2. The molecule has 0 aliphatic heterocycles. The van der Waals surface area contributed by atoms with Crippen LogP contribution in [0.25, 0.3) is 0 Å². The van der Waals surface area contributed by atoms with Crippen LogP contribution in [0, 0.1) is 0 Å². The topological polar surface area (TPSA) is 85.4 Å². The van der Waals surface area contributed by atoms with Crippen LogP contribution in [0.4, 0.5) is 10.5 Å². The van der Waals surface area contributed by atoms with Crippen molar-refractivity contribution >= 4 is 11.7 Å². The number of aromatic nitrogens is 2. The molecule has 2 aromatic rings. The van der Waals surface area contributed by atoms with E-state index in [1.807, 2.05) is 30.3 Å². The molecule has 7 nitrogen and oxygen atoms in total. The summed E-state index contributed by atoms with van der Waals surface area (Å²) >= 11 is 0. The molecule has 1 aromatic carbocycles. The van der Waals surface area contributed by atoms with E-state index in [0.29, 0.717) is 11.8 Å². The number of anilines is 1. The Balaban J connectivity index is 1.45. The number of hydrogen-bond donors (Lipinski definition) is 2. The van der Waals surface area contributed by atoms with E-state index in [0.717, 1.165) is 31.4 Å². The lowest BCUT2D eigenvalue weighted by atomic mass is 9.93. The third-order valence-electron chi connectivity index (χ3n) is 4.15. The highest BCUT2D eigenvalue weighted by molar-refractivity contribution is 5.89. The lowest BCUT2D eigenvalue weighted by molar-refractivity contribution is 0.129. The molecule has 1 fully saturated rings. The van der Waals surface area contributed by atoms with Gasteiger partial charge in [0.2, 0.25) is 0 Å². The summed E-state index contributed by atoms with van der Waals surface area (Å²) in [4.78, 5) is 20.3. The van der Waals surface area contributed by atoms with Crippen LogP contribution in [0.1, 0.15) is 25.7 Å². The van der Waals surface area contributed by atoms with Crippen molar-refractivity contribution in [3.05, 3.63) is 42.7 Å². The Morgan fingerprint density at radius 2 is 1.72 bits per heavy atom. The fourth-order valence-corrected chi connectivity index (χ4v) is 2.89. The van der Waals surface area contributed by atoms with Crippen molar-refractivity contribution in [3.8, 4) is 11.8 Å². The zero-order valence-corrected chi connectivity index (χ0v) is 14.1. The van der Waals surface area contributed by atoms with Crippen LogP contribution in [0.15, 0.2) is 42.7 Å². The molecule has 1 aliphatic rings. The van der Waals surface area contributed by atoms with E-state index in [9.17, 15) is 4.79 Å². The molecule has 0 spiro atoms. The number of carbonyl (C=O) groups excluding carboxylic acids is 1. The number of carbonyl (C=O) groups is 1. The van der Waals surface area contributed by atoms with Gasteiger partial charge >= 0.3 is 6.03 Å². The van der Waals surface area contributed by atoms with Crippen molar-refractivity contribution in [1.82, 2.24) is 15.3 Å². The first-order valence-electron chi connectivity index (χ1n) is 8.39. The summed E-state index contributed by atoms with van der Waals surface area (Å²) in [6, 6.07) is 9.38. The Morgan fingerprint density at radius 1 is 1.04 bits per heavy atom. The van der Waals surface area contributed by atoms with Gasteiger partial charge in [-0.2, -0.15) is 0 Å². The van der Waals surface area contributed by atoms with Crippen molar-refractivity contribution in [2.45, 2.75) is 37.8 Å². The SMILES string of the molecule is COc1nccnc1OC1CCC(NC(=O)Nc2ccccc2)CC1. The summed E-state index contributed by atoms with van der Waals surface area (Å²) in [6.07, 6.45) is 6.61. The number of benzene rings is 1. The predicted molar refractivity (Wildman–Crippen MR) is 93.9 cm³/mol. The number of rotatable bonds is 5. The molecule has 1 aliphatic carbocycles. The second-order valence-electron chi connectivity index (χ2n) is 5.93. The van der Waals surface area contributed by atoms with Gasteiger partial charge in [0.15, 0.2) is 0 Å². The molecule has 1 heterocycles. The minimum Gasteiger partial charge on any atom is -0.477 e. The maximum Gasteiger partial charge on any atom is 0.319 e. The molecule has 0 atom stereocenters. The number of amides is 2. The zero-order valence-electron chi connectivity index (χ0n) is 14.1. The summed E-state index contributed by atoms with van der Waals surface area (Å²) in [5.74, 6) is 0.813. The minimum absolute atomic E-state index is 0.0563. The van der Waals surface area contributed by atoms with Crippen LogP contribution in [0.3, 0.4) is 0 Å². The molecule has 25 heavy (non-hydrogen) atoms. The Hall–Kier alpha value is -2.83. The van der Waals surface area contributed by atoms with Crippen molar-refractivity contribution in [2.75, 3.05) is 12.4 Å². The number of ether oxygens (including phenoxy) is 2. The number of urea groups is 1. The van der Waals surface area contributed by atoms with Gasteiger partial charge in [-0.25, -0.2) is 14.8 Å². The van der Waals surface area contributed by atoms with E-state index in [1.165, 1.54) is 0 Å². The Labute approximate surface area is 146 Å². The molecule has 0 saturated heterocycles. The highest BCUT2D eigenvalue weighted by Gasteiger charge is 2.25. The first-order valence-corrected chi connectivity index (χ1v) is 8.39. The van der Waals surface area contributed by atoms with Crippen LogP contribution >= 0.6 is 0 Å². The Morgan fingerprint density at radius 3 is 2.40 bits per heavy atom. The van der Waals surface area contributed by atoms with Crippen molar-refractivity contribution in [1.29, 1.82) is 0 Å². The smallest absolute Gasteiger partial charge is 0.319 e. The molecule has 0 bridgehead atoms. The quantitative estimate of drug-likeness (QED) is 0.872. The molecule has 2 amide bonds. The molecule has 2 N–H and O–H groups in total. The second-order valence-corrected chi connectivity index (χ2v) is 5.93. The summed E-state index contributed by atoms with van der Waals surface area (Å²) in [7, 11) is 1.54. The molecular weight excluding hydrogens is 320 g/mol. The van der Waals surface area contributed by atoms with E-state index >= 15 is 0 Å². The van der Waals surface area contributed by atoms with Gasteiger partial charge in [0, 0.05) is 24.1 Å². The van der Waals surface area contributed by atoms with Crippen molar-refractivity contribution in [3.63, 3.8) is 0 Å². The predicted octanol–water partition coefficient (Wildman–Crippen LogP) is 3.00. The van der Waals surface area contributed by atoms with Gasteiger partial charge in [-0.1, -0.05) is 18.2 Å². The highest BCUT2D eigenvalue weighted by Crippen LogP contribution is 2.27. The van der Waals surface area contributed by atoms with Crippen LogP contribution in [-0.4, -0.2) is 35.3 Å². The van der Waals surface area contributed by atoms with Gasteiger partial charge in [-0.05, 0) is 37.8 Å². The van der Waals surface area contributed by atoms with E-state index in [2.05, 4.69) is 20.6 Å². The lowest BCUT2D eigenvalue weighted by Crippen LogP contribution is -2.41. The van der Waals surface area contributed by atoms with Crippen molar-refractivity contribution < 1.29 is 14.3 Å². The van der Waals surface area contributed by atoms with Crippen LogP contribution < -0.4 is 20.1 Å². The maximum atomic E-state index is 12.0.